The number of halogens is 3. The summed E-state index contributed by atoms with van der Waals surface area (Å²) >= 11 is 0. The van der Waals surface area contributed by atoms with Crippen molar-refractivity contribution in [3.05, 3.63) is 64.2 Å². The summed E-state index contributed by atoms with van der Waals surface area (Å²) in [5.41, 5.74) is 3.46. The van der Waals surface area contributed by atoms with Gasteiger partial charge in [-0.3, -0.25) is 9.69 Å². The van der Waals surface area contributed by atoms with Crippen LogP contribution >= 0.6 is 0 Å². The maximum atomic E-state index is 13.5. The minimum absolute atomic E-state index is 0.0996. The number of aryl methyl sites for hydroxylation is 1. The number of alkyl halides is 3. The van der Waals surface area contributed by atoms with Crippen LogP contribution in [0.25, 0.3) is 0 Å². The molecule has 36 heavy (non-hydrogen) atoms. The Morgan fingerprint density at radius 3 is 2.61 bits per heavy atom. The molecule has 0 radical (unpaired) electrons. The van der Waals surface area contributed by atoms with E-state index in [1.54, 1.807) is 13.0 Å². The fraction of sp³-hybridized carbons (Fsp3) is 0.481. The lowest BCUT2D eigenvalue weighted by molar-refractivity contribution is -0.148. The van der Waals surface area contributed by atoms with E-state index >= 15 is 0 Å². The van der Waals surface area contributed by atoms with E-state index in [-0.39, 0.29) is 36.8 Å². The Bertz CT molecular complexity index is 1140. The van der Waals surface area contributed by atoms with Crippen molar-refractivity contribution in [3.63, 3.8) is 0 Å². The van der Waals surface area contributed by atoms with Crippen molar-refractivity contribution in [2.24, 2.45) is 17.0 Å². The normalized spacial score (nSPS) is 18.8. The van der Waals surface area contributed by atoms with Gasteiger partial charge in [0, 0.05) is 19.1 Å². The number of ether oxygens (including phenoxy) is 1. The highest BCUT2D eigenvalue weighted by atomic mass is 19.4. The molecule has 2 aromatic carbocycles. The standard InChI is InChI=1S/C27H31F3N2O4/c1-16(2)14-35-25-9-4-18(10-23(25)27(28,29)30)15-36-31-17(3)19-5-7-22-20(11-19)6-8-24(22)32-12-21(13-32)26(33)34/h4-5,7,9-11,16,21,24H,6,8,12-15H2,1-3H3,(H,33,34)/b31-17+/t24-/m0/s1. The average molecular weight is 505 g/mol. The van der Waals surface area contributed by atoms with E-state index in [4.69, 9.17) is 14.7 Å². The predicted molar refractivity (Wildman–Crippen MR) is 129 cm³/mol. The topological polar surface area (TPSA) is 71.4 Å². The summed E-state index contributed by atoms with van der Waals surface area (Å²) in [5, 5.41) is 13.3. The third-order valence-corrected chi connectivity index (χ3v) is 6.66. The molecule has 9 heteroatoms. The Morgan fingerprint density at radius 1 is 1.19 bits per heavy atom. The summed E-state index contributed by atoms with van der Waals surface area (Å²) in [6.45, 7) is 6.80. The van der Waals surface area contributed by atoms with Crippen molar-refractivity contribution in [3.8, 4) is 5.75 Å². The largest absolute Gasteiger partial charge is 0.493 e. The summed E-state index contributed by atoms with van der Waals surface area (Å²) in [4.78, 5) is 18.7. The summed E-state index contributed by atoms with van der Waals surface area (Å²) in [6, 6.07) is 10.2. The number of hydrogen-bond donors (Lipinski definition) is 1. The summed E-state index contributed by atoms with van der Waals surface area (Å²) in [5.74, 6) is -1.10. The van der Waals surface area contributed by atoms with Crippen LogP contribution in [0.1, 0.15) is 61.1 Å². The third-order valence-electron chi connectivity index (χ3n) is 6.66. The van der Waals surface area contributed by atoms with Crippen LogP contribution < -0.4 is 4.74 Å². The molecule has 0 unspecified atom stereocenters. The van der Waals surface area contributed by atoms with Gasteiger partial charge < -0.3 is 14.7 Å². The second-order valence-corrected chi connectivity index (χ2v) is 9.94. The van der Waals surface area contributed by atoms with Crippen molar-refractivity contribution in [2.45, 2.75) is 52.4 Å². The van der Waals surface area contributed by atoms with Crippen molar-refractivity contribution < 1.29 is 32.6 Å². The Labute approximate surface area is 208 Å². The number of likely N-dealkylation sites (tertiary alicyclic amines) is 1. The van der Waals surface area contributed by atoms with Crippen molar-refractivity contribution >= 4 is 11.7 Å². The number of benzene rings is 2. The molecule has 2 aromatic rings. The highest BCUT2D eigenvalue weighted by molar-refractivity contribution is 5.98. The Hall–Kier alpha value is -3.07. The number of rotatable bonds is 9. The van der Waals surface area contributed by atoms with Crippen LogP contribution in [0.2, 0.25) is 0 Å². The van der Waals surface area contributed by atoms with Crippen LogP contribution in [0.15, 0.2) is 41.6 Å². The molecule has 1 N–H and O–H groups in total. The SMILES string of the molecule is C/C(=N\OCc1ccc(OCC(C)C)c(C(F)(F)F)c1)c1ccc2c(c1)CC[C@@H]2N1CC(C(=O)O)C1. The van der Waals surface area contributed by atoms with E-state index in [9.17, 15) is 18.0 Å². The van der Waals surface area contributed by atoms with Gasteiger partial charge in [0.15, 0.2) is 0 Å². The number of carboxylic acid groups (broad SMARTS) is 1. The molecule has 1 aliphatic carbocycles. The first-order valence-corrected chi connectivity index (χ1v) is 12.1. The number of aliphatic carboxylic acids is 1. The van der Waals surface area contributed by atoms with Gasteiger partial charge in [-0.15, -0.1) is 0 Å². The molecular weight excluding hydrogens is 473 g/mol. The van der Waals surface area contributed by atoms with Gasteiger partial charge in [-0.25, -0.2) is 0 Å². The molecule has 2 aliphatic rings. The lowest BCUT2D eigenvalue weighted by atomic mass is 9.95. The quantitative estimate of drug-likeness (QED) is 0.351. The Morgan fingerprint density at radius 2 is 1.94 bits per heavy atom. The van der Waals surface area contributed by atoms with Crippen molar-refractivity contribution in [1.82, 2.24) is 4.90 Å². The molecule has 6 nitrogen and oxygen atoms in total. The Balaban J connectivity index is 1.39. The van der Waals surface area contributed by atoms with Crippen LogP contribution in [0.5, 0.6) is 5.75 Å². The molecular formula is C27H31F3N2O4. The zero-order valence-electron chi connectivity index (χ0n) is 20.6. The van der Waals surface area contributed by atoms with E-state index < -0.39 is 17.7 Å². The highest BCUT2D eigenvalue weighted by Gasteiger charge is 2.39. The highest BCUT2D eigenvalue weighted by Crippen LogP contribution is 2.40. The Kier molecular flexibility index (Phi) is 7.59. The number of hydrogen-bond acceptors (Lipinski definition) is 5. The van der Waals surface area contributed by atoms with Gasteiger partial charge in [0.05, 0.1) is 23.8 Å². The number of oxime groups is 1. The van der Waals surface area contributed by atoms with Crippen molar-refractivity contribution in [1.29, 1.82) is 0 Å². The van der Waals surface area contributed by atoms with Gasteiger partial charge in [-0.2, -0.15) is 13.2 Å². The number of nitrogens with zero attached hydrogens (tertiary/aromatic N) is 2. The van der Waals surface area contributed by atoms with E-state index in [0.29, 0.717) is 24.4 Å². The summed E-state index contributed by atoms with van der Waals surface area (Å²) < 4.78 is 45.9. The second kappa shape index (κ2) is 10.5. The average Bonchev–Trinajstić information content (AvgIpc) is 3.19. The smallest absolute Gasteiger partial charge is 0.419 e. The fourth-order valence-electron chi connectivity index (χ4n) is 4.65. The first-order valence-electron chi connectivity index (χ1n) is 12.1. The maximum Gasteiger partial charge on any atom is 0.419 e. The predicted octanol–water partition coefficient (Wildman–Crippen LogP) is 5.68. The van der Waals surface area contributed by atoms with Crippen LogP contribution in [0.3, 0.4) is 0 Å². The molecule has 1 heterocycles. The lowest BCUT2D eigenvalue weighted by Crippen LogP contribution is -2.51. The molecule has 1 aliphatic heterocycles. The van der Waals surface area contributed by atoms with E-state index in [2.05, 4.69) is 22.2 Å². The van der Waals surface area contributed by atoms with Crippen LogP contribution in [0, 0.1) is 11.8 Å². The van der Waals surface area contributed by atoms with Crippen LogP contribution in [-0.2, 0) is 28.8 Å². The van der Waals surface area contributed by atoms with E-state index in [1.807, 2.05) is 19.9 Å². The molecule has 4 rings (SSSR count). The van der Waals surface area contributed by atoms with Crippen LogP contribution in [0.4, 0.5) is 13.2 Å². The third kappa shape index (κ3) is 5.83. The molecule has 0 spiro atoms. The molecule has 194 valence electrons. The van der Waals surface area contributed by atoms with E-state index in [0.717, 1.165) is 24.5 Å². The molecule has 0 amide bonds. The molecule has 1 atom stereocenters. The molecule has 1 saturated heterocycles. The van der Waals surface area contributed by atoms with Crippen molar-refractivity contribution in [2.75, 3.05) is 19.7 Å². The van der Waals surface area contributed by atoms with Gasteiger partial charge in [-0.05, 0) is 66.1 Å². The molecule has 1 fully saturated rings. The van der Waals surface area contributed by atoms with Gasteiger partial charge in [0.25, 0.3) is 0 Å². The first-order chi connectivity index (χ1) is 17.0. The number of carboxylic acids is 1. The first kappa shape index (κ1) is 26.0. The second-order valence-electron chi connectivity index (χ2n) is 9.94. The molecule has 0 aromatic heterocycles. The number of fused-ring (bicyclic) bond motifs is 1. The fourth-order valence-corrected chi connectivity index (χ4v) is 4.65. The zero-order chi connectivity index (χ0) is 26.0. The monoisotopic (exact) mass is 504 g/mol. The number of carbonyl (C=O) groups is 1. The van der Waals surface area contributed by atoms with Gasteiger partial charge in [0.2, 0.25) is 0 Å². The summed E-state index contributed by atoms with van der Waals surface area (Å²) in [6.07, 6.45) is -2.67. The summed E-state index contributed by atoms with van der Waals surface area (Å²) in [7, 11) is 0. The van der Waals surface area contributed by atoms with E-state index in [1.165, 1.54) is 17.2 Å². The zero-order valence-corrected chi connectivity index (χ0v) is 20.6. The minimum atomic E-state index is -4.53. The molecule has 0 bridgehead atoms. The maximum absolute atomic E-state index is 13.5. The van der Waals surface area contributed by atoms with Gasteiger partial charge in [0.1, 0.15) is 12.4 Å². The molecule has 0 saturated carbocycles. The minimum Gasteiger partial charge on any atom is -0.493 e. The lowest BCUT2D eigenvalue weighted by Gasteiger charge is -2.41. The van der Waals surface area contributed by atoms with Gasteiger partial charge >= 0.3 is 12.1 Å². The van der Waals surface area contributed by atoms with Gasteiger partial charge in [-0.1, -0.05) is 37.2 Å². The van der Waals surface area contributed by atoms with Crippen LogP contribution in [-0.4, -0.2) is 41.4 Å².